The lowest BCUT2D eigenvalue weighted by atomic mass is 9.99. The topological polar surface area (TPSA) is 175 Å². The van der Waals surface area contributed by atoms with Gasteiger partial charge in [0.2, 0.25) is 5.91 Å². The van der Waals surface area contributed by atoms with Gasteiger partial charge < -0.3 is 45.1 Å². The third-order valence-corrected chi connectivity index (χ3v) is 15.8. The molecule has 0 aromatic heterocycles. The summed E-state index contributed by atoms with van der Waals surface area (Å²) in [5.74, 6) is -1.24. The second kappa shape index (κ2) is 59.2. The Morgan fingerprint density at radius 1 is 0.482 bits per heavy atom. The molecule has 1 rings (SSSR count). The molecule has 0 aromatic carbocycles. The molecular formula is C72H127NO10. The van der Waals surface area contributed by atoms with Crippen LogP contribution >= 0.6 is 0 Å². The van der Waals surface area contributed by atoms with Crippen molar-refractivity contribution in [1.82, 2.24) is 5.32 Å². The van der Waals surface area contributed by atoms with E-state index < -0.39 is 67.4 Å². The number of hydrogen-bond acceptors (Lipinski definition) is 10. The fourth-order valence-electron chi connectivity index (χ4n) is 10.4. The van der Waals surface area contributed by atoms with Crippen LogP contribution in [0.2, 0.25) is 0 Å². The monoisotopic (exact) mass is 1170 g/mol. The van der Waals surface area contributed by atoms with E-state index in [4.69, 9.17) is 14.2 Å². The first-order chi connectivity index (χ1) is 40.7. The number of hydrogen-bond donors (Lipinski definition) is 6. The molecule has 11 heteroatoms. The zero-order chi connectivity index (χ0) is 60.3. The molecule has 11 nitrogen and oxygen atoms in total. The average Bonchev–Trinajstić information content (AvgIpc) is 3.61. The summed E-state index contributed by atoms with van der Waals surface area (Å²) < 4.78 is 17.7. The van der Waals surface area contributed by atoms with Crippen LogP contribution in [-0.2, 0) is 23.8 Å². The van der Waals surface area contributed by atoms with Gasteiger partial charge in [-0.2, -0.15) is 0 Å². The van der Waals surface area contributed by atoms with E-state index in [0.717, 1.165) is 83.5 Å². The third-order valence-electron chi connectivity index (χ3n) is 15.8. The Morgan fingerprint density at radius 3 is 1.29 bits per heavy atom. The number of nitrogens with one attached hydrogen (secondary N) is 1. The molecule has 1 aliphatic rings. The Kier molecular flexibility index (Phi) is 55.5. The molecule has 1 fully saturated rings. The number of rotatable bonds is 58. The van der Waals surface area contributed by atoms with Gasteiger partial charge in [0.05, 0.1) is 25.4 Å². The van der Waals surface area contributed by atoms with Crippen LogP contribution in [0.15, 0.2) is 85.1 Å². The molecule has 8 atom stereocenters. The van der Waals surface area contributed by atoms with E-state index in [1.54, 1.807) is 6.08 Å². The minimum atomic E-state index is -1.62. The molecule has 83 heavy (non-hydrogen) atoms. The normalized spacial score (nSPS) is 19.1. The van der Waals surface area contributed by atoms with E-state index in [1.165, 1.54) is 161 Å². The standard InChI is InChI=1S/C72H127NO10/c1-4-7-10-13-16-19-22-24-26-28-30-32-33-34-36-38-40-42-45-48-51-54-57-60-67(77)83-70-69(79)68(78)66(61-74)82-72(70)81-62-63(64(75)58-55-52-49-46-43-21-18-15-12-9-6-3)73-71(80)65(76)59-56-53-50-47-44-41-39-37-35-31-29-27-25-23-20-17-14-11-8-5-2/h8,11,17,20,25,27,31,35,39,41,47,50,55,58,63-66,68-70,72,74-76,78-79H,4-7,9-10,12-16,18-19,21-24,26,28-30,32-34,36-38,40,42-46,48-49,51-54,56-57,59-62H2,1-3H3,(H,73,80)/b11-8-,20-17-,27-25-,35-31-,41-39-,50-47-,58-55+. The molecule has 0 aliphatic carbocycles. The number of ether oxygens (including phenoxy) is 3. The fourth-order valence-corrected chi connectivity index (χ4v) is 10.4. The SMILES string of the molecule is CC/C=C\C/C=C\C/C=C\C/C=C\C/C=C\C/C=C\CCCC(O)C(=O)NC(COC1OC(CO)C(O)C(O)C1OC(=O)CCCCCCCCCCCCCCCCCCCCCCCCC)C(O)/C=C/CCCCCCCCCCC. The van der Waals surface area contributed by atoms with Gasteiger partial charge in [-0.05, 0) is 77.0 Å². The number of aliphatic hydroxyl groups is 5. The highest BCUT2D eigenvalue weighted by Gasteiger charge is 2.47. The van der Waals surface area contributed by atoms with E-state index in [0.29, 0.717) is 19.3 Å². The molecule has 1 amide bonds. The van der Waals surface area contributed by atoms with Gasteiger partial charge >= 0.3 is 5.97 Å². The molecule has 480 valence electrons. The lowest BCUT2D eigenvalue weighted by Crippen LogP contribution is -2.61. The summed E-state index contributed by atoms with van der Waals surface area (Å²) in [5.41, 5.74) is 0. The van der Waals surface area contributed by atoms with Crippen LogP contribution in [0.25, 0.3) is 0 Å². The smallest absolute Gasteiger partial charge is 0.306 e. The first-order valence-corrected chi connectivity index (χ1v) is 34.4. The Bertz CT molecular complexity index is 1670. The van der Waals surface area contributed by atoms with Crippen LogP contribution in [0.5, 0.6) is 0 Å². The number of carbonyl (C=O) groups excluding carboxylic acids is 2. The minimum absolute atomic E-state index is 0.119. The Balaban J connectivity index is 2.61. The first kappa shape index (κ1) is 77.9. The minimum Gasteiger partial charge on any atom is -0.454 e. The van der Waals surface area contributed by atoms with Gasteiger partial charge in [0.25, 0.3) is 0 Å². The second-order valence-electron chi connectivity index (χ2n) is 23.5. The molecular weight excluding hydrogens is 1040 g/mol. The summed E-state index contributed by atoms with van der Waals surface area (Å²) in [7, 11) is 0. The summed E-state index contributed by atoms with van der Waals surface area (Å²) in [4.78, 5) is 26.6. The van der Waals surface area contributed by atoms with Gasteiger partial charge in [-0.15, -0.1) is 0 Å². The molecule has 1 aliphatic heterocycles. The van der Waals surface area contributed by atoms with E-state index >= 15 is 0 Å². The van der Waals surface area contributed by atoms with Crippen LogP contribution in [0.4, 0.5) is 0 Å². The van der Waals surface area contributed by atoms with Crippen LogP contribution in [0.1, 0.15) is 297 Å². The number of unbranched alkanes of at least 4 members (excludes halogenated alkanes) is 32. The zero-order valence-corrected chi connectivity index (χ0v) is 53.3. The summed E-state index contributed by atoms with van der Waals surface area (Å²) in [6.07, 6.45) is 67.8. The molecule has 0 spiro atoms. The van der Waals surface area contributed by atoms with Crippen molar-refractivity contribution in [2.45, 2.75) is 346 Å². The van der Waals surface area contributed by atoms with E-state index in [9.17, 15) is 35.1 Å². The largest absolute Gasteiger partial charge is 0.454 e. The van der Waals surface area contributed by atoms with Crippen molar-refractivity contribution >= 4 is 11.9 Å². The van der Waals surface area contributed by atoms with Crippen molar-refractivity contribution in [1.29, 1.82) is 0 Å². The van der Waals surface area contributed by atoms with E-state index in [1.807, 2.05) is 12.2 Å². The Hall–Kier alpha value is -3.16. The highest BCUT2D eigenvalue weighted by atomic mass is 16.7. The van der Waals surface area contributed by atoms with Crippen molar-refractivity contribution in [3.05, 3.63) is 85.1 Å². The molecule has 1 heterocycles. The maximum absolute atomic E-state index is 13.4. The van der Waals surface area contributed by atoms with Crippen molar-refractivity contribution in [3.8, 4) is 0 Å². The highest BCUT2D eigenvalue weighted by molar-refractivity contribution is 5.80. The Labute approximate surface area is 508 Å². The number of carbonyl (C=O) groups is 2. The van der Waals surface area contributed by atoms with Gasteiger partial charge in [-0.1, -0.05) is 298 Å². The van der Waals surface area contributed by atoms with Gasteiger partial charge in [-0.25, -0.2) is 0 Å². The summed E-state index contributed by atoms with van der Waals surface area (Å²) in [6, 6.07) is -1.05. The first-order valence-electron chi connectivity index (χ1n) is 34.4. The summed E-state index contributed by atoms with van der Waals surface area (Å²) in [5, 5.41) is 57.1. The molecule has 8 unspecified atom stereocenters. The number of amides is 1. The Morgan fingerprint density at radius 2 is 0.867 bits per heavy atom. The second-order valence-corrected chi connectivity index (χ2v) is 23.5. The van der Waals surface area contributed by atoms with Crippen LogP contribution in [-0.4, -0.2) is 99.6 Å². The predicted octanol–water partition coefficient (Wildman–Crippen LogP) is 17.3. The van der Waals surface area contributed by atoms with Gasteiger partial charge in [0.1, 0.15) is 24.4 Å². The maximum Gasteiger partial charge on any atom is 0.306 e. The van der Waals surface area contributed by atoms with Crippen molar-refractivity contribution in [3.63, 3.8) is 0 Å². The van der Waals surface area contributed by atoms with Gasteiger partial charge in [0, 0.05) is 6.42 Å². The molecule has 6 N–H and O–H groups in total. The molecule has 0 bridgehead atoms. The fraction of sp³-hybridized carbons (Fsp3) is 0.778. The van der Waals surface area contributed by atoms with Crippen LogP contribution in [0, 0.1) is 0 Å². The molecule has 0 saturated carbocycles. The number of aliphatic hydroxyl groups excluding tert-OH is 5. The molecule has 0 radical (unpaired) electrons. The quantitative estimate of drug-likeness (QED) is 0.0195. The van der Waals surface area contributed by atoms with Crippen LogP contribution < -0.4 is 5.32 Å². The predicted molar refractivity (Wildman–Crippen MR) is 347 cm³/mol. The third kappa shape index (κ3) is 46.7. The van der Waals surface area contributed by atoms with Crippen LogP contribution in [0.3, 0.4) is 0 Å². The maximum atomic E-state index is 13.4. The highest BCUT2D eigenvalue weighted by Crippen LogP contribution is 2.26. The zero-order valence-electron chi connectivity index (χ0n) is 53.3. The summed E-state index contributed by atoms with van der Waals surface area (Å²) >= 11 is 0. The number of allylic oxidation sites excluding steroid dienone is 13. The van der Waals surface area contributed by atoms with E-state index in [2.05, 4.69) is 92.9 Å². The van der Waals surface area contributed by atoms with Gasteiger partial charge in [-0.3, -0.25) is 9.59 Å². The lowest BCUT2D eigenvalue weighted by Gasteiger charge is -2.41. The molecule has 1 saturated heterocycles. The van der Waals surface area contributed by atoms with Crippen molar-refractivity contribution in [2.24, 2.45) is 0 Å². The van der Waals surface area contributed by atoms with Gasteiger partial charge in [0.15, 0.2) is 12.4 Å². The lowest BCUT2D eigenvalue weighted by molar-refractivity contribution is -0.305. The van der Waals surface area contributed by atoms with Crippen molar-refractivity contribution in [2.75, 3.05) is 13.2 Å². The average molecular weight is 1170 g/mol. The molecule has 0 aromatic rings. The number of esters is 1. The van der Waals surface area contributed by atoms with E-state index in [-0.39, 0.29) is 19.4 Å². The van der Waals surface area contributed by atoms with Crippen molar-refractivity contribution < 1.29 is 49.3 Å². The summed E-state index contributed by atoms with van der Waals surface area (Å²) in [6.45, 7) is 5.67.